The van der Waals surface area contributed by atoms with E-state index in [1.807, 2.05) is 38.1 Å². The minimum Gasteiger partial charge on any atom is -0.363 e. The van der Waals surface area contributed by atoms with Crippen LogP contribution in [0.4, 0.5) is 5.82 Å². The molecule has 66 valence electrons. The van der Waals surface area contributed by atoms with E-state index in [4.69, 9.17) is 5.73 Å². The first-order chi connectivity index (χ1) is 5.61. The van der Waals surface area contributed by atoms with Crippen LogP contribution in [0.2, 0.25) is 0 Å². The Morgan fingerprint density at radius 3 is 2.67 bits per heavy atom. The number of anilines is 1. The van der Waals surface area contributed by atoms with Crippen molar-refractivity contribution in [3.05, 3.63) is 23.9 Å². The van der Waals surface area contributed by atoms with Crippen molar-refractivity contribution in [2.45, 2.75) is 13.0 Å². The number of nitrogens with two attached hydrogens (primary N) is 1. The van der Waals surface area contributed by atoms with Gasteiger partial charge in [-0.05, 0) is 24.6 Å². The minimum atomic E-state index is 0.0756. The lowest BCUT2D eigenvalue weighted by Crippen LogP contribution is -2.12. The van der Waals surface area contributed by atoms with E-state index in [1.165, 1.54) is 0 Å². The maximum absolute atomic E-state index is 5.74. The molecule has 0 amide bonds. The Labute approximate surface area is 73.2 Å². The predicted octanol–water partition coefficient (Wildman–Crippen LogP) is 1.17. The summed E-state index contributed by atoms with van der Waals surface area (Å²) in [6, 6.07) is 4.02. The Balaban J connectivity index is 2.96. The van der Waals surface area contributed by atoms with Crippen LogP contribution in [0.5, 0.6) is 0 Å². The first kappa shape index (κ1) is 9.00. The molecule has 0 saturated heterocycles. The second kappa shape index (κ2) is 3.54. The summed E-state index contributed by atoms with van der Waals surface area (Å²) >= 11 is 0. The topological polar surface area (TPSA) is 42.1 Å². The van der Waals surface area contributed by atoms with Gasteiger partial charge in [0.25, 0.3) is 0 Å². The van der Waals surface area contributed by atoms with Crippen molar-refractivity contribution in [1.29, 1.82) is 0 Å². The molecule has 0 fully saturated rings. The predicted molar refractivity (Wildman–Crippen MR) is 51.2 cm³/mol. The molecule has 1 aromatic rings. The van der Waals surface area contributed by atoms with Crippen molar-refractivity contribution in [3.8, 4) is 0 Å². The summed E-state index contributed by atoms with van der Waals surface area (Å²) < 4.78 is 0. The average molecular weight is 165 g/mol. The zero-order valence-corrected chi connectivity index (χ0v) is 7.78. The quantitative estimate of drug-likeness (QED) is 0.715. The second-order valence-corrected chi connectivity index (χ2v) is 3.13. The number of hydrogen-bond donors (Lipinski definition) is 1. The molecule has 1 atom stereocenters. The summed E-state index contributed by atoms with van der Waals surface area (Å²) in [5.41, 5.74) is 6.86. The van der Waals surface area contributed by atoms with E-state index in [-0.39, 0.29) is 6.04 Å². The van der Waals surface area contributed by atoms with Crippen LogP contribution in [0, 0.1) is 0 Å². The molecule has 0 aliphatic heterocycles. The van der Waals surface area contributed by atoms with E-state index < -0.39 is 0 Å². The molecule has 1 rings (SSSR count). The molecule has 0 aliphatic rings. The SMILES string of the molecule is C[C@H](N)c1ccnc(N(C)C)c1. The Hall–Kier alpha value is -1.09. The molecule has 3 heteroatoms. The molecular weight excluding hydrogens is 150 g/mol. The van der Waals surface area contributed by atoms with Crippen LogP contribution in [-0.2, 0) is 0 Å². The van der Waals surface area contributed by atoms with Gasteiger partial charge >= 0.3 is 0 Å². The maximum Gasteiger partial charge on any atom is 0.128 e. The van der Waals surface area contributed by atoms with Gasteiger partial charge in [-0.15, -0.1) is 0 Å². The van der Waals surface area contributed by atoms with E-state index >= 15 is 0 Å². The molecule has 1 heterocycles. The van der Waals surface area contributed by atoms with E-state index in [0.29, 0.717) is 0 Å². The number of nitrogens with zero attached hydrogens (tertiary/aromatic N) is 2. The third kappa shape index (κ3) is 1.95. The highest BCUT2D eigenvalue weighted by molar-refractivity contribution is 5.39. The average Bonchev–Trinajstić information content (AvgIpc) is 2.04. The maximum atomic E-state index is 5.74. The molecule has 0 bridgehead atoms. The van der Waals surface area contributed by atoms with Crippen LogP contribution in [0.25, 0.3) is 0 Å². The van der Waals surface area contributed by atoms with Gasteiger partial charge < -0.3 is 10.6 Å². The Morgan fingerprint density at radius 1 is 1.50 bits per heavy atom. The molecule has 0 spiro atoms. The van der Waals surface area contributed by atoms with Crippen LogP contribution < -0.4 is 10.6 Å². The van der Waals surface area contributed by atoms with Crippen molar-refractivity contribution in [3.63, 3.8) is 0 Å². The highest BCUT2D eigenvalue weighted by Crippen LogP contribution is 2.14. The molecule has 3 nitrogen and oxygen atoms in total. The molecule has 0 unspecified atom stereocenters. The first-order valence-corrected chi connectivity index (χ1v) is 4.00. The van der Waals surface area contributed by atoms with E-state index in [0.717, 1.165) is 11.4 Å². The van der Waals surface area contributed by atoms with Gasteiger partial charge in [-0.2, -0.15) is 0 Å². The van der Waals surface area contributed by atoms with Crippen molar-refractivity contribution >= 4 is 5.82 Å². The van der Waals surface area contributed by atoms with Gasteiger partial charge in [0, 0.05) is 26.3 Å². The Kier molecular flexibility index (Phi) is 2.65. The normalized spacial score (nSPS) is 12.7. The van der Waals surface area contributed by atoms with Crippen LogP contribution in [-0.4, -0.2) is 19.1 Å². The van der Waals surface area contributed by atoms with Crippen LogP contribution in [0.3, 0.4) is 0 Å². The Morgan fingerprint density at radius 2 is 2.17 bits per heavy atom. The van der Waals surface area contributed by atoms with Gasteiger partial charge in [-0.3, -0.25) is 0 Å². The van der Waals surface area contributed by atoms with Crippen LogP contribution >= 0.6 is 0 Å². The van der Waals surface area contributed by atoms with Crippen molar-refractivity contribution in [2.75, 3.05) is 19.0 Å². The molecule has 12 heavy (non-hydrogen) atoms. The third-order valence-electron chi connectivity index (χ3n) is 1.75. The highest BCUT2D eigenvalue weighted by Gasteiger charge is 2.01. The summed E-state index contributed by atoms with van der Waals surface area (Å²) in [7, 11) is 3.93. The monoisotopic (exact) mass is 165 g/mol. The molecular formula is C9H15N3. The minimum absolute atomic E-state index is 0.0756. The number of pyridine rings is 1. The summed E-state index contributed by atoms with van der Waals surface area (Å²) in [6.07, 6.45) is 1.79. The van der Waals surface area contributed by atoms with Crippen molar-refractivity contribution in [1.82, 2.24) is 4.98 Å². The zero-order valence-electron chi connectivity index (χ0n) is 7.78. The molecule has 2 N–H and O–H groups in total. The smallest absolute Gasteiger partial charge is 0.128 e. The second-order valence-electron chi connectivity index (χ2n) is 3.13. The van der Waals surface area contributed by atoms with E-state index in [2.05, 4.69) is 4.98 Å². The third-order valence-corrected chi connectivity index (χ3v) is 1.75. The van der Waals surface area contributed by atoms with Crippen molar-refractivity contribution in [2.24, 2.45) is 5.73 Å². The fraction of sp³-hybridized carbons (Fsp3) is 0.444. The number of aromatic nitrogens is 1. The lowest BCUT2D eigenvalue weighted by atomic mass is 10.1. The summed E-state index contributed by atoms with van der Waals surface area (Å²) in [6.45, 7) is 1.97. The van der Waals surface area contributed by atoms with E-state index in [1.54, 1.807) is 6.20 Å². The largest absolute Gasteiger partial charge is 0.363 e. The summed E-state index contributed by atoms with van der Waals surface area (Å²) in [5.74, 6) is 0.949. The van der Waals surface area contributed by atoms with Gasteiger partial charge in [0.2, 0.25) is 0 Å². The number of rotatable bonds is 2. The van der Waals surface area contributed by atoms with Gasteiger partial charge in [0.15, 0.2) is 0 Å². The van der Waals surface area contributed by atoms with Gasteiger partial charge in [0.1, 0.15) is 5.82 Å². The summed E-state index contributed by atoms with van der Waals surface area (Å²) in [4.78, 5) is 6.16. The van der Waals surface area contributed by atoms with E-state index in [9.17, 15) is 0 Å². The van der Waals surface area contributed by atoms with Crippen molar-refractivity contribution < 1.29 is 0 Å². The molecule has 0 radical (unpaired) electrons. The first-order valence-electron chi connectivity index (χ1n) is 4.00. The van der Waals surface area contributed by atoms with Gasteiger partial charge in [-0.25, -0.2) is 4.98 Å². The standard InChI is InChI=1S/C9H15N3/c1-7(10)8-4-5-11-9(6-8)12(2)3/h4-7H,10H2,1-3H3/t7-/m0/s1. The van der Waals surface area contributed by atoms with Gasteiger partial charge in [-0.1, -0.05) is 0 Å². The molecule has 0 saturated carbocycles. The fourth-order valence-corrected chi connectivity index (χ4v) is 0.962. The lowest BCUT2D eigenvalue weighted by molar-refractivity contribution is 0.814. The zero-order chi connectivity index (χ0) is 9.14. The lowest BCUT2D eigenvalue weighted by Gasteiger charge is -2.13. The highest BCUT2D eigenvalue weighted by atomic mass is 15.1. The van der Waals surface area contributed by atoms with Crippen LogP contribution in [0.15, 0.2) is 18.3 Å². The molecule has 0 aromatic carbocycles. The number of hydrogen-bond acceptors (Lipinski definition) is 3. The Bertz CT molecular complexity index is 232. The van der Waals surface area contributed by atoms with Gasteiger partial charge in [0.05, 0.1) is 0 Å². The molecule has 1 aromatic heterocycles. The molecule has 0 aliphatic carbocycles. The fourth-order valence-electron chi connectivity index (χ4n) is 0.962. The van der Waals surface area contributed by atoms with Crippen LogP contribution in [0.1, 0.15) is 18.5 Å². The summed E-state index contributed by atoms with van der Waals surface area (Å²) in [5, 5.41) is 0.